The Kier molecular flexibility index (Phi) is 7.63. The van der Waals surface area contributed by atoms with Gasteiger partial charge in [0.1, 0.15) is 12.4 Å². The van der Waals surface area contributed by atoms with Crippen LogP contribution >= 0.6 is 0 Å². The van der Waals surface area contributed by atoms with Gasteiger partial charge in [-0.2, -0.15) is 10.1 Å². The van der Waals surface area contributed by atoms with Crippen LogP contribution in [0.15, 0.2) is 22.9 Å². The van der Waals surface area contributed by atoms with Crippen LogP contribution < -0.4 is 10.1 Å². The second-order valence-electron chi connectivity index (χ2n) is 12.0. The van der Waals surface area contributed by atoms with Crippen molar-refractivity contribution in [3.8, 4) is 23.2 Å². The molecule has 0 radical (unpaired) electrons. The van der Waals surface area contributed by atoms with Crippen molar-refractivity contribution in [1.29, 1.82) is 0 Å². The quantitative estimate of drug-likeness (QED) is 0.439. The number of hydrogen-bond donors (Lipinski definition) is 1. The van der Waals surface area contributed by atoms with E-state index in [0.29, 0.717) is 53.7 Å². The molecule has 11 heteroatoms. The minimum Gasteiger partial charge on any atom is -0.476 e. The molecule has 1 saturated carbocycles. The molecule has 0 bridgehead atoms. The molecule has 1 N–H and O–H groups in total. The molecular weight excluding hydrogens is 522 g/mol. The zero-order valence-electron chi connectivity index (χ0n) is 24.2. The smallest absolute Gasteiger partial charge is 0.226 e. The van der Waals surface area contributed by atoms with Gasteiger partial charge < -0.3 is 19.5 Å². The Morgan fingerprint density at radius 1 is 1.20 bits per heavy atom. The number of ether oxygens (including phenoxy) is 1. The SMILES string of the molecule is CC(C)NC(=O)Cc1ccn(-c2cc(OC[C@@H]3CCCN3C)nc(-c3noc4c3CCC[C@@]43CCCCC3=O)n2)n1. The van der Waals surface area contributed by atoms with E-state index in [9.17, 15) is 9.59 Å². The Balaban J connectivity index is 1.35. The average molecular weight is 562 g/mol. The number of carbonyl (C=O) groups is 2. The van der Waals surface area contributed by atoms with Crippen molar-refractivity contribution in [3.05, 3.63) is 35.3 Å². The van der Waals surface area contributed by atoms with E-state index in [4.69, 9.17) is 19.2 Å². The van der Waals surface area contributed by atoms with Crippen molar-refractivity contribution < 1.29 is 18.8 Å². The average Bonchev–Trinajstić information content (AvgIpc) is 3.69. The first-order valence-electron chi connectivity index (χ1n) is 14.9. The lowest BCUT2D eigenvalue weighted by atomic mass is 9.64. The molecule has 1 aliphatic heterocycles. The summed E-state index contributed by atoms with van der Waals surface area (Å²) in [5.74, 6) is 2.20. The van der Waals surface area contributed by atoms with E-state index in [-0.39, 0.29) is 24.2 Å². The molecule has 0 unspecified atom stereocenters. The second-order valence-corrected chi connectivity index (χ2v) is 12.0. The Labute approximate surface area is 240 Å². The highest BCUT2D eigenvalue weighted by atomic mass is 16.5. The fraction of sp³-hybridized carbons (Fsp3) is 0.600. The summed E-state index contributed by atoms with van der Waals surface area (Å²) in [5, 5.41) is 12.0. The number of rotatable bonds is 8. The molecule has 218 valence electrons. The summed E-state index contributed by atoms with van der Waals surface area (Å²) in [6.45, 7) is 5.43. The highest BCUT2D eigenvalue weighted by molar-refractivity contribution is 5.91. The van der Waals surface area contributed by atoms with Crippen LogP contribution in [0.3, 0.4) is 0 Å². The zero-order chi connectivity index (χ0) is 28.6. The van der Waals surface area contributed by atoms with Crippen LogP contribution in [0.25, 0.3) is 17.3 Å². The van der Waals surface area contributed by atoms with Crippen LogP contribution in [-0.4, -0.2) is 73.8 Å². The summed E-state index contributed by atoms with van der Waals surface area (Å²) in [6, 6.07) is 3.96. The van der Waals surface area contributed by atoms with Gasteiger partial charge in [-0.1, -0.05) is 11.6 Å². The van der Waals surface area contributed by atoms with Crippen molar-refractivity contribution in [1.82, 2.24) is 35.1 Å². The Bertz CT molecular complexity index is 1430. The first-order chi connectivity index (χ1) is 19.8. The normalized spacial score (nSPS) is 22.8. The van der Waals surface area contributed by atoms with E-state index in [2.05, 4.69) is 27.5 Å². The number of likely N-dealkylation sites (N-methyl/N-ethyl adjacent to an activating group) is 1. The molecule has 2 atom stereocenters. The van der Waals surface area contributed by atoms with Gasteiger partial charge in [-0.3, -0.25) is 9.59 Å². The maximum absolute atomic E-state index is 13.2. The number of ketones is 1. The topological polar surface area (TPSA) is 128 Å². The van der Waals surface area contributed by atoms with Crippen molar-refractivity contribution in [2.75, 3.05) is 20.2 Å². The largest absolute Gasteiger partial charge is 0.476 e. The molecule has 2 aliphatic carbocycles. The molecule has 1 spiro atoms. The van der Waals surface area contributed by atoms with Gasteiger partial charge in [0.2, 0.25) is 11.8 Å². The fourth-order valence-corrected chi connectivity index (χ4v) is 6.57. The number of Topliss-reactive ketones (excluding diaryl/α,β-unsaturated/α-hetero) is 1. The van der Waals surface area contributed by atoms with E-state index in [1.54, 1.807) is 16.9 Å². The predicted octanol–water partition coefficient (Wildman–Crippen LogP) is 3.57. The van der Waals surface area contributed by atoms with Crippen LogP contribution in [-0.2, 0) is 27.8 Å². The molecule has 1 amide bonds. The number of hydrogen-bond acceptors (Lipinski definition) is 9. The molecule has 4 heterocycles. The van der Waals surface area contributed by atoms with Gasteiger partial charge in [-0.15, -0.1) is 0 Å². The number of amides is 1. The molecular formula is C30H39N7O4. The van der Waals surface area contributed by atoms with Crippen LogP contribution in [0.5, 0.6) is 5.88 Å². The van der Waals surface area contributed by atoms with Gasteiger partial charge in [0, 0.05) is 36.3 Å². The summed E-state index contributed by atoms with van der Waals surface area (Å²) in [6.07, 6.45) is 9.98. The standard InChI is InChI=1S/C30H39N7O4/c1-19(2)31-25(39)16-20-11-15-37(34-20)24-17-26(40-18-21-8-7-14-36(21)3)33-29(32-24)27-22-9-6-13-30(28(22)41-35-27)12-5-4-10-23(30)38/h11,15,17,19,21H,4-10,12-14,16,18H2,1-3H3,(H,31,39)/t21-,30+/m0/s1. The van der Waals surface area contributed by atoms with E-state index in [1.807, 2.05) is 19.9 Å². The van der Waals surface area contributed by atoms with Crippen LogP contribution in [0.1, 0.15) is 82.2 Å². The van der Waals surface area contributed by atoms with Crippen molar-refractivity contribution >= 4 is 11.7 Å². The van der Waals surface area contributed by atoms with E-state index >= 15 is 0 Å². The molecule has 6 rings (SSSR count). The highest BCUT2D eigenvalue weighted by Gasteiger charge is 2.48. The number of likely N-dealkylation sites (tertiary alicyclic amines) is 1. The fourth-order valence-electron chi connectivity index (χ4n) is 6.57. The number of aromatic nitrogens is 5. The third-order valence-electron chi connectivity index (χ3n) is 8.71. The highest BCUT2D eigenvalue weighted by Crippen LogP contribution is 2.47. The maximum atomic E-state index is 13.2. The van der Waals surface area contributed by atoms with Crippen LogP contribution in [0.4, 0.5) is 0 Å². The number of carbonyl (C=O) groups excluding carboxylic acids is 2. The summed E-state index contributed by atoms with van der Waals surface area (Å²) in [5.41, 5.74) is 1.55. The number of nitrogens with one attached hydrogen (secondary N) is 1. The monoisotopic (exact) mass is 561 g/mol. The third kappa shape index (κ3) is 5.51. The van der Waals surface area contributed by atoms with Gasteiger partial charge in [-0.25, -0.2) is 9.67 Å². The Morgan fingerprint density at radius 3 is 2.83 bits per heavy atom. The second kappa shape index (κ2) is 11.3. The van der Waals surface area contributed by atoms with Gasteiger partial charge in [0.25, 0.3) is 0 Å². The van der Waals surface area contributed by atoms with E-state index in [1.165, 1.54) is 0 Å². The van der Waals surface area contributed by atoms with E-state index in [0.717, 1.165) is 63.5 Å². The van der Waals surface area contributed by atoms with Gasteiger partial charge in [-0.05, 0) is 78.5 Å². The van der Waals surface area contributed by atoms with Crippen LogP contribution in [0, 0.1) is 0 Å². The lowest BCUT2D eigenvalue weighted by Gasteiger charge is -2.36. The van der Waals surface area contributed by atoms with Gasteiger partial charge in [0.05, 0.1) is 17.5 Å². The summed E-state index contributed by atoms with van der Waals surface area (Å²) < 4.78 is 13.8. The summed E-state index contributed by atoms with van der Waals surface area (Å²) in [7, 11) is 2.11. The minimum atomic E-state index is -0.575. The summed E-state index contributed by atoms with van der Waals surface area (Å²) >= 11 is 0. The van der Waals surface area contributed by atoms with Crippen molar-refractivity contribution in [3.63, 3.8) is 0 Å². The molecule has 41 heavy (non-hydrogen) atoms. The third-order valence-corrected chi connectivity index (χ3v) is 8.71. The van der Waals surface area contributed by atoms with Gasteiger partial charge in [0.15, 0.2) is 23.1 Å². The molecule has 11 nitrogen and oxygen atoms in total. The zero-order valence-corrected chi connectivity index (χ0v) is 24.2. The molecule has 2 fully saturated rings. The first-order valence-corrected chi connectivity index (χ1v) is 14.9. The molecule has 3 aliphatic rings. The van der Waals surface area contributed by atoms with Crippen molar-refractivity contribution in [2.24, 2.45) is 0 Å². The predicted molar refractivity (Wildman–Crippen MR) is 151 cm³/mol. The lowest BCUT2D eigenvalue weighted by molar-refractivity contribution is -0.128. The first kappa shape index (κ1) is 27.6. The molecule has 3 aromatic heterocycles. The molecule has 3 aromatic rings. The molecule has 0 aromatic carbocycles. The van der Waals surface area contributed by atoms with Crippen molar-refractivity contribution in [2.45, 2.75) is 95.6 Å². The number of fused-ring (bicyclic) bond motifs is 2. The minimum absolute atomic E-state index is 0.0593. The van der Waals surface area contributed by atoms with Gasteiger partial charge >= 0.3 is 0 Å². The van der Waals surface area contributed by atoms with Crippen LogP contribution in [0.2, 0.25) is 0 Å². The number of nitrogens with zero attached hydrogens (tertiary/aromatic N) is 6. The van der Waals surface area contributed by atoms with E-state index < -0.39 is 5.41 Å². The summed E-state index contributed by atoms with van der Waals surface area (Å²) in [4.78, 5) is 37.4. The lowest BCUT2D eigenvalue weighted by Crippen LogP contribution is -2.41. The maximum Gasteiger partial charge on any atom is 0.226 e. The molecule has 1 saturated heterocycles. The Hall–Kier alpha value is -3.60. The Morgan fingerprint density at radius 2 is 2.05 bits per heavy atom.